The fourth-order valence-corrected chi connectivity index (χ4v) is 1.99. The number of hydrogen-bond acceptors (Lipinski definition) is 4. The van der Waals surface area contributed by atoms with Crippen LogP contribution in [0.3, 0.4) is 0 Å². The second-order valence-electron chi connectivity index (χ2n) is 4.19. The first-order valence-corrected chi connectivity index (χ1v) is 6.84. The Morgan fingerprint density at radius 2 is 1.95 bits per heavy atom. The molecule has 114 valence electrons. The van der Waals surface area contributed by atoms with Crippen molar-refractivity contribution >= 4 is 40.5 Å². The van der Waals surface area contributed by atoms with Crippen molar-refractivity contribution in [3.05, 3.63) is 62.6 Å². The molecule has 6 nitrogen and oxygen atoms in total. The minimum absolute atomic E-state index is 0.0956. The second kappa shape index (κ2) is 7.11. The van der Waals surface area contributed by atoms with E-state index in [4.69, 9.17) is 27.9 Å². The Morgan fingerprint density at radius 1 is 1.23 bits per heavy atom. The zero-order valence-electron chi connectivity index (χ0n) is 11.1. The minimum Gasteiger partial charge on any atom is -0.482 e. The van der Waals surface area contributed by atoms with Crippen molar-refractivity contribution in [1.82, 2.24) is 0 Å². The molecule has 2 aromatic carbocycles. The Balaban J connectivity index is 2.02. The second-order valence-corrected chi connectivity index (χ2v) is 5.03. The van der Waals surface area contributed by atoms with Crippen LogP contribution in [0.1, 0.15) is 0 Å². The van der Waals surface area contributed by atoms with E-state index in [0.29, 0.717) is 10.0 Å². The summed E-state index contributed by atoms with van der Waals surface area (Å²) in [7, 11) is 0. The number of halogens is 2. The van der Waals surface area contributed by atoms with Gasteiger partial charge in [0, 0.05) is 17.2 Å². The number of nitrogens with one attached hydrogen (secondary N) is 1. The molecule has 0 saturated heterocycles. The number of ether oxygens (including phenoxy) is 1. The highest BCUT2D eigenvalue weighted by molar-refractivity contribution is 6.34. The lowest BCUT2D eigenvalue weighted by Crippen LogP contribution is -2.20. The van der Waals surface area contributed by atoms with E-state index in [-0.39, 0.29) is 23.7 Å². The maximum absolute atomic E-state index is 11.8. The number of anilines is 1. The number of hydrogen-bond donors (Lipinski definition) is 1. The van der Waals surface area contributed by atoms with Gasteiger partial charge >= 0.3 is 0 Å². The van der Waals surface area contributed by atoms with Crippen LogP contribution >= 0.6 is 23.2 Å². The molecular weight excluding hydrogens is 331 g/mol. The maximum atomic E-state index is 11.8. The third-order valence-electron chi connectivity index (χ3n) is 2.63. The Bertz CT molecular complexity index is 722. The number of carbonyl (C=O) groups is 1. The van der Waals surface area contributed by atoms with Crippen molar-refractivity contribution < 1.29 is 14.5 Å². The van der Waals surface area contributed by atoms with Crippen molar-refractivity contribution in [2.24, 2.45) is 0 Å². The average molecular weight is 341 g/mol. The minimum atomic E-state index is -0.579. The fourth-order valence-electron chi connectivity index (χ4n) is 1.66. The van der Waals surface area contributed by atoms with E-state index in [9.17, 15) is 14.9 Å². The smallest absolute Gasteiger partial charge is 0.292 e. The molecule has 0 aliphatic carbocycles. The summed E-state index contributed by atoms with van der Waals surface area (Å²) >= 11 is 11.7. The third kappa shape index (κ3) is 4.09. The summed E-state index contributed by atoms with van der Waals surface area (Å²) in [5, 5.41) is 14.0. The predicted octanol–water partition coefficient (Wildman–Crippen LogP) is 3.92. The Morgan fingerprint density at radius 3 is 2.68 bits per heavy atom. The predicted molar refractivity (Wildman–Crippen MR) is 83.7 cm³/mol. The van der Waals surface area contributed by atoms with E-state index < -0.39 is 10.8 Å². The largest absolute Gasteiger partial charge is 0.482 e. The maximum Gasteiger partial charge on any atom is 0.292 e. The van der Waals surface area contributed by atoms with Crippen LogP contribution in [0.15, 0.2) is 42.5 Å². The molecule has 0 aliphatic rings. The van der Waals surface area contributed by atoms with Crippen LogP contribution in [0.25, 0.3) is 0 Å². The SMILES string of the molecule is O=C(COc1cc(Cl)ccc1Cl)Nc1ccccc1[N+](=O)[O-]. The molecule has 0 radical (unpaired) electrons. The van der Waals surface area contributed by atoms with Crippen LogP contribution in [0, 0.1) is 10.1 Å². The monoisotopic (exact) mass is 340 g/mol. The van der Waals surface area contributed by atoms with Gasteiger partial charge in [-0.15, -0.1) is 0 Å². The van der Waals surface area contributed by atoms with Gasteiger partial charge in [0.2, 0.25) is 0 Å². The van der Waals surface area contributed by atoms with Crippen molar-refractivity contribution in [1.29, 1.82) is 0 Å². The average Bonchev–Trinajstić information content (AvgIpc) is 2.48. The van der Waals surface area contributed by atoms with E-state index in [2.05, 4.69) is 5.32 Å². The molecule has 0 saturated carbocycles. The van der Waals surface area contributed by atoms with Gasteiger partial charge in [-0.1, -0.05) is 35.3 Å². The molecule has 0 heterocycles. The molecule has 1 amide bonds. The molecule has 8 heteroatoms. The lowest BCUT2D eigenvalue weighted by atomic mass is 10.2. The lowest BCUT2D eigenvalue weighted by Gasteiger charge is -2.09. The molecular formula is C14H10Cl2N2O4. The number of nitro benzene ring substituents is 1. The highest BCUT2D eigenvalue weighted by Gasteiger charge is 2.15. The molecule has 0 bridgehead atoms. The number of benzene rings is 2. The summed E-state index contributed by atoms with van der Waals surface area (Å²) in [6, 6.07) is 10.4. The summed E-state index contributed by atoms with van der Waals surface area (Å²) in [5.41, 5.74) is -0.102. The number of para-hydroxylation sites is 2. The summed E-state index contributed by atoms with van der Waals surface area (Å²) in [6.07, 6.45) is 0. The van der Waals surface area contributed by atoms with Crippen molar-refractivity contribution in [3.63, 3.8) is 0 Å². The first-order valence-electron chi connectivity index (χ1n) is 6.08. The van der Waals surface area contributed by atoms with Crippen LogP contribution < -0.4 is 10.1 Å². The quantitative estimate of drug-likeness (QED) is 0.660. The van der Waals surface area contributed by atoms with Crippen LogP contribution in [0.4, 0.5) is 11.4 Å². The van der Waals surface area contributed by atoms with E-state index in [1.165, 1.54) is 24.3 Å². The summed E-state index contributed by atoms with van der Waals surface area (Å²) in [6.45, 7) is -0.355. The number of rotatable bonds is 5. The zero-order chi connectivity index (χ0) is 16.1. The molecule has 2 aromatic rings. The van der Waals surface area contributed by atoms with E-state index in [1.807, 2.05) is 0 Å². The van der Waals surface area contributed by atoms with Crippen molar-refractivity contribution in [3.8, 4) is 5.75 Å². The third-order valence-corrected chi connectivity index (χ3v) is 3.17. The molecule has 0 aromatic heterocycles. The highest BCUT2D eigenvalue weighted by atomic mass is 35.5. The van der Waals surface area contributed by atoms with Crippen LogP contribution in [0.2, 0.25) is 10.0 Å². The topological polar surface area (TPSA) is 81.5 Å². The molecule has 0 fully saturated rings. The number of nitro groups is 1. The van der Waals surface area contributed by atoms with Gasteiger partial charge in [0.25, 0.3) is 11.6 Å². The summed E-state index contributed by atoms with van der Waals surface area (Å²) in [4.78, 5) is 22.1. The number of nitrogens with zero attached hydrogens (tertiary/aromatic N) is 1. The highest BCUT2D eigenvalue weighted by Crippen LogP contribution is 2.28. The zero-order valence-corrected chi connectivity index (χ0v) is 12.6. The van der Waals surface area contributed by atoms with E-state index in [0.717, 1.165) is 0 Å². The molecule has 0 atom stereocenters. The Kier molecular flexibility index (Phi) is 5.19. The molecule has 0 unspecified atom stereocenters. The van der Waals surface area contributed by atoms with Crippen LogP contribution in [-0.4, -0.2) is 17.4 Å². The number of amides is 1. The van der Waals surface area contributed by atoms with E-state index in [1.54, 1.807) is 18.2 Å². The first-order chi connectivity index (χ1) is 10.5. The van der Waals surface area contributed by atoms with Gasteiger partial charge in [0.15, 0.2) is 6.61 Å². The molecule has 0 spiro atoms. The van der Waals surface area contributed by atoms with Crippen molar-refractivity contribution in [2.75, 3.05) is 11.9 Å². The van der Waals surface area contributed by atoms with Crippen LogP contribution in [0.5, 0.6) is 5.75 Å². The van der Waals surface area contributed by atoms with Gasteiger partial charge in [0.05, 0.1) is 9.95 Å². The normalized spacial score (nSPS) is 10.1. The Labute approximate surface area is 135 Å². The van der Waals surface area contributed by atoms with Crippen LogP contribution in [-0.2, 0) is 4.79 Å². The Hall–Kier alpha value is -2.31. The van der Waals surface area contributed by atoms with Gasteiger partial charge in [-0.05, 0) is 18.2 Å². The van der Waals surface area contributed by atoms with Gasteiger partial charge < -0.3 is 10.1 Å². The lowest BCUT2D eigenvalue weighted by molar-refractivity contribution is -0.383. The number of carbonyl (C=O) groups excluding carboxylic acids is 1. The van der Waals surface area contributed by atoms with E-state index >= 15 is 0 Å². The van der Waals surface area contributed by atoms with Gasteiger partial charge in [-0.3, -0.25) is 14.9 Å². The van der Waals surface area contributed by atoms with Gasteiger partial charge in [0.1, 0.15) is 11.4 Å². The fraction of sp³-hybridized carbons (Fsp3) is 0.0714. The standard InChI is InChI=1S/C14H10Cl2N2O4/c15-9-5-6-10(16)13(7-9)22-8-14(19)17-11-3-1-2-4-12(11)18(20)21/h1-7H,8H2,(H,17,19). The van der Waals surface area contributed by atoms with Gasteiger partial charge in [-0.2, -0.15) is 0 Å². The first kappa shape index (κ1) is 16.1. The van der Waals surface area contributed by atoms with Crippen molar-refractivity contribution in [2.45, 2.75) is 0 Å². The molecule has 0 aliphatic heterocycles. The molecule has 1 N–H and O–H groups in total. The summed E-state index contributed by atoms with van der Waals surface area (Å²) < 4.78 is 5.25. The molecule has 2 rings (SSSR count). The molecule has 22 heavy (non-hydrogen) atoms. The summed E-state index contributed by atoms with van der Waals surface area (Å²) in [5.74, 6) is -0.294. The van der Waals surface area contributed by atoms with Gasteiger partial charge in [-0.25, -0.2) is 0 Å².